The van der Waals surface area contributed by atoms with E-state index in [9.17, 15) is 5.11 Å². The van der Waals surface area contributed by atoms with E-state index in [4.69, 9.17) is 15.2 Å². The maximum absolute atomic E-state index is 9.69. The summed E-state index contributed by atoms with van der Waals surface area (Å²) in [5.41, 5.74) is 6.72. The zero-order valence-electron chi connectivity index (χ0n) is 7.58. The lowest BCUT2D eigenvalue weighted by molar-refractivity contribution is 0.302. The monoisotopic (exact) mass is 307 g/mol. The zero-order valence-corrected chi connectivity index (χ0v) is 9.74. The summed E-state index contributed by atoms with van der Waals surface area (Å²) < 4.78 is 11.2. The fraction of sp³-hybridized carbons (Fsp3) is 0.333. The van der Waals surface area contributed by atoms with Crippen molar-refractivity contribution in [3.8, 4) is 17.2 Å². The fourth-order valence-corrected chi connectivity index (χ4v) is 2.07. The van der Waals surface area contributed by atoms with Crippen LogP contribution < -0.4 is 15.2 Å². The molecule has 1 aliphatic heterocycles. The zero-order chi connectivity index (χ0) is 10.3. The Labute approximate surface area is 95.1 Å². The van der Waals surface area contributed by atoms with Gasteiger partial charge >= 0.3 is 0 Å². The third-order valence-corrected chi connectivity index (χ3v) is 3.03. The molecule has 0 spiro atoms. The molecule has 0 aliphatic carbocycles. The van der Waals surface area contributed by atoms with Crippen molar-refractivity contribution >= 4 is 22.6 Å². The maximum atomic E-state index is 9.69. The number of halogens is 1. The highest BCUT2D eigenvalue weighted by Gasteiger charge is 2.28. The Balaban J connectivity index is 2.65. The molecule has 4 nitrogen and oxygen atoms in total. The van der Waals surface area contributed by atoms with Crippen LogP contribution in [0.1, 0.15) is 11.6 Å². The van der Waals surface area contributed by atoms with Crippen LogP contribution in [-0.4, -0.2) is 18.8 Å². The molecule has 5 heteroatoms. The first-order valence-electron chi connectivity index (χ1n) is 4.13. The van der Waals surface area contributed by atoms with Gasteiger partial charge in [-0.2, -0.15) is 0 Å². The number of rotatable bonds is 1. The van der Waals surface area contributed by atoms with Gasteiger partial charge < -0.3 is 20.3 Å². The topological polar surface area (TPSA) is 64.7 Å². The van der Waals surface area contributed by atoms with E-state index in [1.54, 1.807) is 0 Å². The van der Waals surface area contributed by atoms with E-state index in [1.807, 2.05) is 28.7 Å². The van der Waals surface area contributed by atoms with Crippen molar-refractivity contribution in [2.45, 2.75) is 6.04 Å². The molecule has 14 heavy (non-hydrogen) atoms. The van der Waals surface area contributed by atoms with E-state index in [0.717, 1.165) is 9.13 Å². The molecule has 0 amide bonds. The second kappa shape index (κ2) is 3.47. The summed E-state index contributed by atoms with van der Waals surface area (Å²) in [5, 5.41) is 9.69. The van der Waals surface area contributed by atoms with Gasteiger partial charge in [0.05, 0.1) is 16.7 Å². The van der Waals surface area contributed by atoms with E-state index in [1.165, 1.54) is 7.11 Å². The summed E-state index contributed by atoms with van der Waals surface area (Å²) in [6.45, 7) is 0.436. The third-order valence-electron chi connectivity index (χ3n) is 2.20. The minimum atomic E-state index is -0.131. The van der Waals surface area contributed by atoms with Gasteiger partial charge in [-0.3, -0.25) is 0 Å². The summed E-state index contributed by atoms with van der Waals surface area (Å²) >= 11 is 2.04. The van der Waals surface area contributed by atoms with E-state index < -0.39 is 0 Å². The lowest BCUT2D eigenvalue weighted by Crippen LogP contribution is -2.10. The summed E-state index contributed by atoms with van der Waals surface area (Å²) in [6, 6.07) is 1.69. The van der Waals surface area contributed by atoms with Crippen LogP contribution in [0.3, 0.4) is 0 Å². The molecular formula is C9H10INO3. The molecule has 1 heterocycles. The van der Waals surface area contributed by atoms with Crippen molar-refractivity contribution in [1.29, 1.82) is 0 Å². The molecule has 1 aromatic rings. The van der Waals surface area contributed by atoms with Crippen molar-refractivity contribution in [3.63, 3.8) is 0 Å². The van der Waals surface area contributed by atoms with Crippen LogP contribution >= 0.6 is 22.6 Å². The summed E-state index contributed by atoms with van der Waals surface area (Å²) in [5.74, 6) is 1.05. The van der Waals surface area contributed by atoms with Crippen LogP contribution in [0.25, 0.3) is 0 Å². The average Bonchev–Trinajstić information content (AvgIpc) is 2.51. The summed E-state index contributed by atoms with van der Waals surface area (Å²) in [7, 11) is 1.50. The first-order chi connectivity index (χ1) is 6.65. The van der Waals surface area contributed by atoms with E-state index in [2.05, 4.69) is 0 Å². The number of nitrogens with two attached hydrogens (primary N) is 1. The van der Waals surface area contributed by atoms with Crippen LogP contribution in [0.5, 0.6) is 17.2 Å². The number of phenols is 1. The average molecular weight is 307 g/mol. The Bertz CT molecular complexity index is 381. The first kappa shape index (κ1) is 9.85. The fourth-order valence-electron chi connectivity index (χ4n) is 1.49. The number of phenolic OH excluding ortho intramolecular Hbond substituents is 1. The van der Waals surface area contributed by atoms with Gasteiger partial charge in [0.2, 0.25) is 5.75 Å². The second-order valence-corrected chi connectivity index (χ2v) is 4.24. The molecule has 2 rings (SSSR count). The Kier molecular flexibility index (Phi) is 2.44. The molecule has 76 valence electrons. The van der Waals surface area contributed by atoms with Crippen LogP contribution in [0, 0.1) is 3.57 Å². The smallest absolute Gasteiger partial charge is 0.204 e. The Morgan fingerprint density at radius 2 is 2.43 bits per heavy atom. The lowest BCUT2D eigenvalue weighted by atomic mass is 10.1. The molecular weight excluding hydrogens is 297 g/mol. The number of methoxy groups -OCH3 is 1. The van der Waals surface area contributed by atoms with Crippen molar-refractivity contribution in [2.75, 3.05) is 13.7 Å². The van der Waals surface area contributed by atoms with Crippen LogP contribution in [-0.2, 0) is 0 Å². The standard InChI is InChI=1S/C9H10INO3/c1-13-9-7(12)5(10)2-4-6(11)3-14-8(4)9/h2,6,12H,3,11H2,1H3/t6-/m0/s1. The number of aromatic hydroxyl groups is 1. The lowest BCUT2D eigenvalue weighted by Gasteiger charge is -2.10. The molecule has 1 aliphatic rings. The molecule has 0 saturated heterocycles. The molecule has 0 radical (unpaired) electrons. The molecule has 0 bridgehead atoms. The molecule has 1 aromatic carbocycles. The molecule has 1 atom stereocenters. The molecule has 0 saturated carbocycles. The minimum Gasteiger partial charge on any atom is -0.503 e. The van der Waals surface area contributed by atoms with Crippen LogP contribution in [0.4, 0.5) is 0 Å². The summed E-state index contributed by atoms with van der Waals surface area (Å²) in [4.78, 5) is 0. The Hall–Kier alpha value is -0.690. The molecule has 3 N–H and O–H groups in total. The third kappa shape index (κ3) is 1.31. The van der Waals surface area contributed by atoms with Crippen molar-refractivity contribution < 1.29 is 14.6 Å². The maximum Gasteiger partial charge on any atom is 0.204 e. The van der Waals surface area contributed by atoms with Crippen LogP contribution in [0.2, 0.25) is 0 Å². The number of hydrogen-bond donors (Lipinski definition) is 2. The van der Waals surface area contributed by atoms with Gasteiger partial charge in [0.15, 0.2) is 11.5 Å². The molecule has 0 aromatic heterocycles. The highest BCUT2D eigenvalue weighted by Crippen LogP contribution is 2.47. The van der Waals surface area contributed by atoms with Crippen LogP contribution in [0.15, 0.2) is 6.07 Å². The van der Waals surface area contributed by atoms with Gasteiger partial charge in [0.1, 0.15) is 6.61 Å². The minimum absolute atomic E-state index is 0.112. The largest absolute Gasteiger partial charge is 0.503 e. The molecule has 0 fully saturated rings. The number of ether oxygens (including phenoxy) is 2. The van der Waals surface area contributed by atoms with E-state index in [-0.39, 0.29) is 11.8 Å². The Morgan fingerprint density at radius 3 is 3.07 bits per heavy atom. The highest BCUT2D eigenvalue weighted by molar-refractivity contribution is 14.1. The molecule has 0 unspecified atom stereocenters. The van der Waals surface area contributed by atoms with Crippen molar-refractivity contribution in [3.05, 3.63) is 15.2 Å². The summed E-state index contributed by atoms with van der Waals surface area (Å²) in [6.07, 6.45) is 0. The van der Waals surface area contributed by atoms with Crippen molar-refractivity contribution in [1.82, 2.24) is 0 Å². The van der Waals surface area contributed by atoms with E-state index in [0.29, 0.717) is 18.1 Å². The van der Waals surface area contributed by atoms with Gasteiger partial charge in [-0.25, -0.2) is 0 Å². The SMILES string of the molecule is COc1c(O)c(I)cc2c1OC[C@@H]2N. The normalized spacial score (nSPS) is 18.9. The first-order valence-corrected chi connectivity index (χ1v) is 5.20. The Morgan fingerprint density at radius 1 is 1.71 bits per heavy atom. The predicted octanol–water partition coefficient (Wildman–Crippen LogP) is 1.40. The quantitative estimate of drug-likeness (QED) is 0.770. The van der Waals surface area contributed by atoms with Gasteiger partial charge in [-0.1, -0.05) is 0 Å². The van der Waals surface area contributed by atoms with Gasteiger partial charge in [-0.15, -0.1) is 0 Å². The van der Waals surface area contributed by atoms with Gasteiger partial charge in [-0.05, 0) is 28.7 Å². The highest BCUT2D eigenvalue weighted by atomic mass is 127. The van der Waals surface area contributed by atoms with Gasteiger partial charge in [0.25, 0.3) is 0 Å². The predicted molar refractivity (Wildman–Crippen MR) is 59.8 cm³/mol. The number of fused-ring (bicyclic) bond motifs is 1. The van der Waals surface area contributed by atoms with E-state index >= 15 is 0 Å². The second-order valence-electron chi connectivity index (χ2n) is 3.08. The van der Waals surface area contributed by atoms with Gasteiger partial charge in [0, 0.05) is 5.56 Å². The number of benzene rings is 1. The number of hydrogen-bond acceptors (Lipinski definition) is 4. The van der Waals surface area contributed by atoms with Crippen molar-refractivity contribution in [2.24, 2.45) is 5.73 Å².